The molecule has 0 aliphatic rings. The molecule has 0 saturated heterocycles. The average Bonchev–Trinajstić information content (AvgIpc) is 2.65. The number of aliphatic hydroxyl groups is 2. The number of carbonyl (C=O) groups excluding carboxylic acids is 1. The fraction of sp³-hybridized carbons (Fsp3) is 0.955. The van der Waals surface area contributed by atoms with E-state index in [0.717, 1.165) is 19.3 Å². The van der Waals surface area contributed by atoms with Gasteiger partial charge in [0.05, 0.1) is 6.54 Å². The first kappa shape index (κ1) is 26.4. The molecule has 0 aromatic rings. The Balaban J connectivity index is 3.34. The average molecular weight is 388 g/mol. The molecule has 1 unspecified atom stereocenters. The highest BCUT2D eigenvalue weighted by atomic mass is 16.7. The summed E-state index contributed by atoms with van der Waals surface area (Å²) in [6.07, 6.45) is 19.5. The highest BCUT2D eigenvalue weighted by Crippen LogP contribution is 2.15. The molecule has 0 radical (unpaired) electrons. The Morgan fingerprint density at radius 3 is 1.59 bits per heavy atom. The van der Waals surface area contributed by atoms with Gasteiger partial charge in [-0.25, -0.2) is 0 Å². The molecular weight excluding hydrogens is 342 g/mol. The van der Waals surface area contributed by atoms with Gasteiger partial charge in [-0.15, -0.1) is 0 Å². The number of ether oxygens (including phenoxy) is 1. The van der Waals surface area contributed by atoms with Crippen LogP contribution in [0.5, 0.6) is 0 Å². The van der Waals surface area contributed by atoms with E-state index in [2.05, 4.69) is 6.92 Å². The van der Waals surface area contributed by atoms with Crippen LogP contribution in [0.3, 0.4) is 0 Å². The van der Waals surface area contributed by atoms with Crippen molar-refractivity contribution in [2.45, 2.75) is 122 Å². The minimum atomic E-state index is -1.72. The van der Waals surface area contributed by atoms with E-state index >= 15 is 0 Å². The van der Waals surface area contributed by atoms with E-state index in [1.54, 1.807) is 0 Å². The van der Waals surface area contributed by atoms with E-state index in [1.807, 2.05) is 0 Å². The lowest BCUT2D eigenvalue weighted by Gasteiger charge is -2.25. The van der Waals surface area contributed by atoms with E-state index in [-0.39, 0.29) is 19.6 Å². The number of unbranched alkanes of at least 4 members (excludes halogenated alkanes) is 14. The van der Waals surface area contributed by atoms with E-state index in [9.17, 15) is 9.90 Å². The van der Waals surface area contributed by atoms with Crippen molar-refractivity contribution < 1.29 is 19.7 Å². The minimum Gasteiger partial charge on any atom is -0.432 e. The van der Waals surface area contributed by atoms with Gasteiger partial charge in [0.1, 0.15) is 0 Å². The first-order valence-corrected chi connectivity index (χ1v) is 11.3. The third-order valence-electron chi connectivity index (χ3n) is 5.11. The number of aliphatic hydroxyl groups excluding tert-OH is 1. The van der Waals surface area contributed by atoms with Crippen LogP contribution < -0.4 is 5.73 Å². The molecule has 4 N–H and O–H groups in total. The van der Waals surface area contributed by atoms with Crippen molar-refractivity contribution in [3.05, 3.63) is 0 Å². The van der Waals surface area contributed by atoms with Crippen LogP contribution in [0, 0.1) is 0 Å². The molecule has 0 heterocycles. The van der Waals surface area contributed by atoms with Crippen LogP contribution in [0.1, 0.15) is 116 Å². The predicted octanol–water partition coefficient (Wildman–Crippen LogP) is 4.82. The molecule has 0 aliphatic heterocycles. The molecule has 0 aromatic heterocycles. The molecule has 0 bridgehead atoms. The van der Waals surface area contributed by atoms with Crippen LogP contribution in [0.2, 0.25) is 0 Å². The second-order valence-electron chi connectivity index (χ2n) is 7.80. The Morgan fingerprint density at radius 1 is 0.815 bits per heavy atom. The van der Waals surface area contributed by atoms with Gasteiger partial charge in [0, 0.05) is 19.4 Å². The van der Waals surface area contributed by atoms with Crippen LogP contribution in [-0.4, -0.2) is 35.1 Å². The molecule has 0 spiro atoms. The second-order valence-corrected chi connectivity index (χ2v) is 7.80. The third-order valence-corrected chi connectivity index (χ3v) is 5.11. The maximum absolute atomic E-state index is 11.7. The lowest BCUT2D eigenvalue weighted by atomic mass is 10.0. The van der Waals surface area contributed by atoms with Gasteiger partial charge in [-0.1, -0.05) is 96.8 Å². The number of hydrogen-bond acceptors (Lipinski definition) is 5. The van der Waals surface area contributed by atoms with Crippen molar-refractivity contribution in [2.24, 2.45) is 5.73 Å². The number of carbonyl (C=O) groups is 1. The fourth-order valence-electron chi connectivity index (χ4n) is 3.27. The van der Waals surface area contributed by atoms with Gasteiger partial charge >= 0.3 is 5.97 Å². The quantitative estimate of drug-likeness (QED) is 0.158. The summed E-state index contributed by atoms with van der Waals surface area (Å²) in [7, 11) is 0. The van der Waals surface area contributed by atoms with Crippen LogP contribution in [0.4, 0.5) is 0 Å². The summed E-state index contributed by atoms with van der Waals surface area (Å²) in [4.78, 5) is 11.7. The van der Waals surface area contributed by atoms with Gasteiger partial charge in [-0.3, -0.25) is 4.79 Å². The van der Waals surface area contributed by atoms with Gasteiger partial charge in [-0.05, 0) is 6.42 Å². The van der Waals surface area contributed by atoms with Crippen LogP contribution in [0.25, 0.3) is 0 Å². The molecule has 0 amide bonds. The molecule has 0 aromatic carbocycles. The Kier molecular flexibility index (Phi) is 18.3. The zero-order valence-electron chi connectivity index (χ0n) is 17.7. The first-order valence-electron chi connectivity index (χ1n) is 11.3. The van der Waals surface area contributed by atoms with Crippen molar-refractivity contribution in [1.29, 1.82) is 0 Å². The Bertz CT molecular complexity index is 338. The van der Waals surface area contributed by atoms with Gasteiger partial charge in [-0.2, -0.15) is 0 Å². The monoisotopic (exact) mass is 387 g/mol. The highest BCUT2D eigenvalue weighted by Gasteiger charge is 2.28. The van der Waals surface area contributed by atoms with Crippen LogP contribution in [-0.2, 0) is 9.53 Å². The summed E-state index contributed by atoms with van der Waals surface area (Å²) in [6, 6.07) is 0. The molecule has 0 saturated carbocycles. The van der Waals surface area contributed by atoms with Gasteiger partial charge in [0.15, 0.2) is 0 Å². The SMILES string of the molecule is CCCCCCCCCCCCCCCCCC(=O)OC(O)(CN)CCO. The van der Waals surface area contributed by atoms with Gasteiger partial charge < -0.3 is 20.7 Å². The van der Waals surface area contributed by atoms with Crippen molar-refractivity contribution in [3.63, 3.8) is 0 Å². The van der Waals surface area contributed by atoms with Gasteiger partial charge in [0.2, 0.25) is 5.79 Å². The molecule has 0 rings (SSSR count). The topological polar surface area (TPSA) is 92.8 Å². The summed E-state index contributed by atoms with van der Waals surface area (Å²) in [6.45, 7) is 1.80. The normalized spacial score (nSPS) is 13.5. The van der Waals surface area contributed by atoms with Crippen molar-refractivity contribution in [1.82, 2.24) is 0 Å². The molecule has 5 heteroatoms. The highest BCUT2D eigenvalue weighted by molar-refractivity contribution is 5.69. The van der Waals surface area contributed by atoms with Crippen molar-refractivity contribution in [3.8, 4) is 0 Å². The molecular formula is C22H45NO4. The van der Waals surface area contributed by atoms with Crippen molar-refractivity contribution in [2.75, 3.05) is 13.2 Å². The van der Waals surface area contributed by atoms with E-state index in [4.69, 9.17) is 15.6 Å². The van der Waals surface area contributed by atoms with E-state index in [0.29, 0.717) is 6.42 Å². The zero-order chi connectivity index (χ0) is 20.2. The molecule has 0 aliphatic carbocycles. The molecule has 1 atom stereocenters. The largest absolute Gasteiger partial charge is 0.432 e. The smallest absolute Gasteiger partial charge is 0.308 e. The summed E-state index contributed by atoms with van der Waals surface area (Å²) in [5.41, 5.74) is 5.39. The van der Waals surface area contributed by atoms with Crippen LogP contribution in [0.15, 0.2) is 0 Å². The number of rotatable bonds is 20. The lowest BCUT2D eigenvalue weighted by Crippen LogP contribution is -2.43. The zero-order valence-corrected chi connectivity index (χ0v) is 17.7. The Hall–Kier alpha value is -0.650. The predicted molar refractivity (Wildman–Crippen MR) is 111 cm³/mol. The number of esters is 1. The maximum Gasteiger partial charge on any atom is 0.308 e. The molecule has 162 valence electrons. The number of nitrogens with two attached hydrogens (primary N) is 1. The fourth-order valence-corrected chi connectivity index (χ4v) is 3.27. The van der Waals surface area contributed by atoms with E-state index in [1.165, 1.54) is 77.0 Å². The summed E-state index contributed by atoms with van der Waals surface area (Å²) < 4.78 is 4.98. The third kappa shape index (κ3) is 17.2. The molecule has 27 heavy (non-hydrogen) atoms. The second kappa shape index (κ2) is 18.7. The molecule has 5 nitrogen and oxygen atoms in total. The first-order chi connectivity index (χ1) is 13.1. The minimum absolute atomic E-state index is 0.0475. The maximum atomic E-state index is 11.7. The standard InChI is InChI=1S/C22H45NO4/c1-2-3-4-5-6-7-8-9-10-11-12-13-14-15-16-17-21(25)27-22(26,20-23)18-19-24/h24,26H,2-20,23H2,1H3. The van der Waals surface area contributed by atoms with Crippen LogP contribution >= 0.6 is 0 Å². The number of hydrogen-bond donors (Lipinski definition) is 3. The Morgan fingerprint density at radius 2 is 1.22 bits per heavy atom. The summed E-state index contributed by atoms with van der Waals surface area (Å²) in [5.74, 6) is -2.16. The van der Waals surface area contributed by atoms with E-state index < -0.39 is 11.8 Å². The van der Waals surface area contributed by atoms with Crippen molar-refractivity contribution >= 4 is 5.97 Å². The lowest BCUT2D eigenvalue weighted by molar-refractivity contribution is -0.210. The summed E-state index contributed by atoms with van der Waals surface area (Å²) in [5, 5.41) is 18.7. The summed E-state index contributed by atoms with van der Waals surface area (Å²) >= 11 is 0. The molecule has 0 fully saturated rings. The van der Waals surface area contributed by atoms with Gasteiger partial charge in [0.25, 0.3) is 0 Å². The Labute approximate surface area is 167 Å².